The second-order valence-electron chi connectivity index (χ2n) is 6.48. The number of aromatic nitrogens is 2. The highest BCUT2D eigenvalue weighted by molar-refractivity contribution is 5.94. The summed E-state index contributed by atoms with van der Waals surface area (Å²) in [6.07, 6.45) is 0. The summed E-state index contributed by atoms with van der Waals surface area (Å²) in [6, 6.07) is 11.0. The van der Waals surface area contributed by atoms with Crippen LogP contribution in [0.5, 0.6) is 11.5 Å². The molecule has 0 radical (unpaired) electrons. The van der Waals surface area contributed by atoms with E-state index in [1.165, 1.54) is 0 Å². The molecule has 2 aromatic carbocycles. The Morgan fingerprint density at radius 3 is 2.64 bits per heavy atom. The molecule has 1 aromatic heterocycles. The highest BCUT2D eigenvalue weighted by Crippen LogP contribution is 2.28. The highest BCUT2D eigenvalue weighted by Gasteiger charge is 2.11. The number of likely N-dealkylation sites (N-methyl/N-ethyl adjacent to an activating group) is 1. The number of carbonyl (C=O) groups is 1. The van der Waals surface area contributed by atoms with Crippen LogP contribution in [0.15, 0.2) is 41.2 Å². The van der Waals surface area contributed by atoms with Gasteiger partial charge in [0.2, 0.25) is 5.91 Å². The lowest BCUT2D eigenvalue weighted by Gasteiger charge is -2.18. The molecule has 0 aliphatic carbocycles. The van der Waals surface area contributed by atoms with E-state index in [-0.39, 0.29) is 18.1 Å². The van der Waals surface area contributed by atoms with Crippen LogP contribution in [0.3, 0.4) is 0 Å². The smallest absolute Gasteiger partial charge is 0.323 e. The number of rotatable bonds is 8. The van der Waals surface area contributed by atoms with Crippen LogP contribution < -0.4 is 20.5 Å². The number of H-pyrrole nitrogens is 2. The summed E-state index contributed by atoms with van der Waals surface area (Å²) in [5.74, 6) is 1.23. The third-order valence-corrected chi connectivity index (χ3v) is 4.19. The van der Waals surface area contributed by atoms with Crippen LogP contribution >= 0.6 is 0 Å². The number of imidazole rings is 1. The van der Waals surface area contributed by atoms with Gasteiger partial charge in [0.15, 0.2) is 11.5 Å². The van der Waals surface area contributed by atoms with Crippen molar-refractivity contribution in [2.24, 2.45) is 0 Å². The van der Waals surface area contributed by atoms with Crippen molar-refractivity contribution in [3.05, 3.63) is 52.4 Å². The lowest BCUT2D eigenvalue weighted by Crippen LogP contribution is -2.29. The molecule has 0 unspecified atom stereocenters. The van der Waals surface area contributed by atoms with E-state index in [1.54, 1.807) is 25.3 Å². The summed E-state index contributed by atoms with van der Waals surface area (Å²) in [5.41, 5.74) is 2.72. The Morgan fingerprint density at radius 2 is 1.89 bits per heavy atom. The summed E-state index contributed by atoms with van der Waals surface area (Å²) in [7, 11) is 3.47. The SMILES string of the molecule is CCOc1ccc(CN(C)CC(=O)Nc2ccc3[nH]c(=O)[nH]c3c2)cc1OC. The maximum absolute atomic E-state index is 12.3. The quantitative estimate of drug-likeness (QED) is 0.554. The molecule has 3 aromatic rings. The van der Waals surface area contributed by atoms with Crippen molar-refractivity contribution in [3.63, 3.8) is 0 Å². The van der Waals surface area contributed by atoms with E-state index in [4.69, 9.17) is 9.47 Å². The molecule has 28 heavy (non-hydrogen) atoms. The van der Waals surface area contributed by atoms with Crippen LogP contribution in [0, 0.1) is 0 Å². The van der Waals surface area contributed by atoms with Crippen molar-refractivity contribution in [1.82, 2.24) is 14.9 Å². The maximum Gasteiger partial charge on any atom is 0.323 e. The van der Waals surface area contributed by atoms with E-state index in [0.29, 0.717) is 41.4 Å². The molecule has 1 heterocycles. The number of benzene rings is 2. The van der Waals surface area contributed by atoms with Crippen LogP contribution in [-0.2, 0) is 11.3 Å². The van der Waals surface area contributed by atoms with Gasteiger partial charge in [-0.05, 0) is 49.9 Å². The zero-order valence-corrected chi connectivity index (χ0v) is 16.2. The first-order chi connectivity index (χ1) is 13.5. The first kappa shape index (κ1) is 19.5. The molecular formula is C20H24N4O4. The van der Waals surface area contributed by atoms with Crippen LogP contribution in [0.25, 0.3) is 11.0 Å². The van der Waals surface area contributed by atoms with E-state index >= 15 is 0 Å². The molecule has 3 rings (SSSR count). The fraction of sp³-hybridized carbons (Fsp3) is 0.300. The molecule has 0 aliphatic heterocycles. The number of ether oxygens (including phenoxy) is 2. The van der Waals surface area contributed by atoms with E-state index < -0.39 is 0 Å². The first-order valence-corrected chi connectivity index (χ1v) is 8.98. The average molecular weight is 384 g/mol. The number of fused-ring (bicyclic) bond motifs is 1. The molecule has 0 fully saturated rings. The summed E-state index contributed by atoms with van der Waals surface area (Å²) in [5, 5.41) is 2.85. The Hall–Kier alpha value is -3.26. The van der Waals surface area contributed by atoms with Crippen molar-refractivity contribution < 1.29 is 14.3 Å². The highest BCUT2D eigenvalue weighted by atomic mass is 16.5. The molecule has 0 bridgehead atoms. The van der Waals surface area contributed by atoms with Gasteiger partial charge in [0.25, 0.3) is 0 Å². The third kappa shape index (κ3) is 4.72. The molecule has 8 heteroatoms. The van der Waals surface area contributed by atoms with Gasteiger partial charge in [0.1, 0.15) is 0 Å². The molecular weight excluding hydrogens is 360 g/mol. The van der Waals surface area contributed by atoms with Gasteiger partial charge in [0.05, 0.1) is 31.3 Å². The van der Waals surface area contributed by atoms with Crippen molar-refractivity contribution in [2.75, 3.05) is 32.6 Å². The summed E-state index contributed by atoms with van der Waals surface area (Å²) in [6.45, 7) is 3.29. The molecule has 3 N–H and O–H groups in total. The molecule has 148 valence electrons. The van der Waals surface area contributed by atoms with Gasteiger partial charge >= 0.3 is 5.69 Å². The zero-order valence-electron chi connectivity index (χ0n) is 16.2. The van der Waals surface area contributed by atoms with Gasteiger partial charge in [-0.2, -0.15) is 0 Å². The molecule has 0 saturated heterocycles. The molecule has 0 aliphatic rings. The molecule has 0 saturated carbocycles. The molecule has 0 atom stereocenters. The van der Waals surface area contributed by atoms with Crippen molar-refractivity contribution in [2.45, 2.75) is 13.5 Å². The number of hydrogen-bond acceptors (Lipinski definition) is 5. The van der Waals surface area contributed by atoms with Crippen LogP contribution in [0.4, 0.5) is 5.69 Å². The average Bonchev–Trinajstić information content (AvgIpc) is 3.02. The van der Waals surface area contributed by atoms with E-state index in [0.717, 1.165) is 5.56 Å². The monoisotopic (exact) mass is 384 g/mol. The van der Waals surface area contributed by atoms with Gasteiger partial charge in [-0.1, -0.05) is 6.07 Å². The van der Waals surface area contributed by atoms with Gasteiger partial charge in [0, 0.05) is 12.2 Å². The summed E-state index contributed by atoms with van der Waals surface area (Å²) < 4.78 is 10.9. The number of methoxy groups -OCH3 is 1. The first-order valence-electron chi connectivity index (χ1n) is 8.98. The van der Waals surface area contributed by atoms with Gasteiger partial charge in [-0.3, -0.25) is 9.69 Å². The summed E-state index contributed by atoms with van der Waals surface area (Å²) >= 11 is 0. The Kier molecular flexibility index (Phi) is 6.00. The number of carbonyl (C=O) groups excluding carboxylic acids is 1. The Balaban J connectivity index is 1.59. The number of nitrogens with zero attached hydrogens (tertiary/aromatic N) is 1. The lowest BCUT2D eigenvalue weighted by molar-refractivity contribution is -0.117. The second kappa shape index (κ2) is 8.62. The van der Waals surface area contributed by atoms with Gasteiger partial charge < -0.3 is 24.8 Å². The van der Waals surface area contributed by atoms with E-state index in [1.807, 2.05) is 37.1 Å². The normalized spacial score (nSPS) is 11.0. The fourth-order valence-corrected chi connectivity index (χ4v) is 3.01. The van der Waals surface area contributed by atoms with Gasteiger partial charge in [-0.15, -0.1) is 0 Å². The Labute approximate surface area is 162 Å². The number of anilines is 1. The predicted molar refractivity (Wildman–Crippen MR) is 108 cm³/mol. The van der Waals surface area contributed by atoms with E-state index in [2.05, 4.69) is 15.3 Å². The van der Waals surface area contributed by atoms with Crippen LogP contribution in [0.2, 0.25) is 0 Å². The second-order valence-corrected chi connectivity index (χ2v) is 6.48. The Morgan fingerprint density at radius 1 is 1.11 bits per heavy atom. The van der Waals surface area contributed by atoms with Crippen LogP contribution in [0.1, 0.15) is 12.5 Å². The number of aromatic amines is 2. The number of hydrogen-bond donors (Lipinski definition) is 3. The maximum atomic E-state index is 12.3. The summed E-state index contributed by atoms with van der Waals surface area (Å²) in [4.78, 5) is 30.9. The predicted octanol–water partition coefficient (Wildman–Crippen LogP) is 2.33. The standard InChI is InChI=1S/C20H24N4O4/c1-4-28-17-8-5-13(9-18(17)27-3)11-24(2)12-19(25)21-14-6-7-15-16(10-14)23-20(26)22-15/h5-10H,4,11-12H2,1-3H3,(H,21,25)(H2,22,23,26). The van der Waals surface area contributed by atoms with E-state index in [9.17, 15) is 9.59 Å². The fourth-order valence-electron chi connectivity index (χ4n) is 3.01. The third-order valence-electron chi connectivity index (χ3n) is 4.19. The van der Waals surface area contributed by atoms with Crippen molar-refractivity contribution in [3.8, 4) is 11.5 Å². The van der Waals surface area contributed by atoms with Crippen molar-refractivity contribution in [1.29, 1.82) is 0 Å². The minimum Gasteiger partial charge on any atom is -0.493 e. The topological polar surface area (TPSA) is 99.5 Å². The van der Waals surface area contributed by atoms with Crippen LogP contribution in [-0.4, -0.2) is 48.1 Å². The largest absolute Gasteiger partial charge is 0.493 e. The molecule has 0 spiro atoms. The lowest BCUT2D eigenvalue weighted by atomic mass is 10.2. The molecule has 8 nitrogen and oxygen atoms in total. The minimum atomic E-state index is -0.274. The zero-order chi connectivity index (χ0) is 20.1. The minimum absolute atomic E-state index is 0.141. The van der Waals surface area contributed by atoms with Crippen molar-refractivity contribution >= 4 is 22.6 Å². The number of amides is 1. The van der Waals surface area contributed by atoms with Gasteiger partial charge in [-0.25, -0.2) is 4.79 Å². The number of nitrogens with one attached hydrogen (secondary N) is 3. The molecule has 1 amide bonds. The Bertz CT molecular complexity index is 1020.